The molecule has 0 unspecified atom stereocenters. The van der Waals surface area contributed by atoms with E-state index in [1.165, 1.54) is 18.2 Å². The molecule has 0 bridgehead atoms. The molecule has 1 aromatic heterocycles. The van der Waals surface area contributed by atoms with E-state index in [0.717, 1.165) is 34.7 Å². The van der Waals surface area contributed by atoms with Crippen LogP contribution in [0.1, 0.15) is 16.7 Å². The standard InChI is InChI=1S/C22H19F3N2O3/c23-22(24,25)17-5-3-4-15(12-17)8-9-21(29)30-14-20(28)26-11-10-16-13-27-19-7-2-1-6-18(16)19/h1-9,12-13,27H,10-11,14H2,(H,26,28)/b9-8+. The van der Waals surface area contributed by atoms with E-state index in [4.69, 9.17) is 4.74 Å². The Morgan fingerprint density at radius 3 is 2.70 bits per heavy atom. The lowest BCUT2D eigenvalue weighted by atomic mass is 10.1. The van der Waals surface area contributed by atoms with Gasteiger partial charge in [-0.05, 0) is 41.8 Å². The molecule has 3 aromatic rings. The first-order valence-electron chi connectivity index (χ1n) is 9.17. The summed E-state index contributed by atoms with van der Waals surface area (Å²) in [5.41, 5.74) is 1.46. The number of benzene rings is 2. The number of esters is 1. The van der Waals surface area contributed by atoms with Crippen LogP contribution in [0.4, 0.5) is 13.2 Å². The van der Waals surface area contributed by atoms with Crippen LogP contribution in [0.3, 0.4) is 0 Å². The molecule has 0 atom stereocenters. The highest BCUT2D eigenvalue weighted by molar-refractivity contribution is 5.89. The number of nitrogens with one attached hydrogen (secondary N) is 2. The number of fused-ring (bicyclic) bond motifs is 1. The number of rotatable bonds is 7. The number of alkyl halides is 3. The lowest BCUT2D eigenvalue weighted by Gasteiger charge is -2.07. The van der Waals surface area contributed by atoms with Crippen molar-refractivity contribution in [1.82, 2.24) is 10.3 Å². The fraction of sp³-hybridized carbons (Fsp3) is 0.182. The van der Waals surface area contributed by atoms with Crippen LogP contribution in [-0.2, 0) is 26.9 Å². The molecule has 0 saturated heterocycles. The zero-order chi connectivity index (χ0) is 21.6. The van der Waals surface area contributed by atoms with Gasteiger partial charge in [-0.3, -0.25) is 4.79 Å². The molecule has 2 aromatic carbocycles. The Balaban J connectivity index is 1.42. The molecule has 1 heterocycles. The number of carbonyl (C=O) groups is 2. The van der Waals surface area contributed by atoms with Crippen LogP contribution in [0, 0.1) is 0 Å². The summed E-state index contributed by atoms with van der Waals surface area (Å²) < 4.78 is 42.9. The Morgan fingerprint density at radius 2 is 1.90 bits per heavy atom. The van der Waals surface area contributed by atoms with E-state index < -0.39 is 30.2 Å². The third kappa shape index (κ3) is 5.73. The molecule has 0 aliphatic heterocycles. The number of halogens is 3. The Hall–Kier alpha value is -3.55. The molecule has 156 valence electrons. The number of hydrogen-bond acceptors (Lipinski definition) is 3. The summed E-state index contributed by atoms with van der Waals surface area (Å²) in [5, 5.41) is 3.74. The van der Waals surface area contributed by atoms with Crippen LogP contribution in [-0.4, -0.2) is 30.0 Å². The van der Waals surface area contributed by atoms with Gasteiger partial charge in [0.1, 0.15) is 0 Å². The maximum Gasteiger partial charge on any atom is 0.416 e. The molecule has 0 spiro atoms. The molecular weight excluding hydrogens is 397 g/mol. The van der Waals surface area contributed by atoms with E-state index in [2.05, 4.69) is 10.3 Å². The second-order valence-electron chi connectivity index (χ2n) is 6.52. The molecule has 8 heteroatoms. The molecule has 0 aliphatic rings. The van der Waals surface area contributed by atoms with Gasteiger partial charge in [0.25, 0.3) is 5.91 Å². The normalized spacial score (nSPS) is 11.7. The van der Waals surface area contributed by atoms with Gasteiger partial charge in [-0.25, -0.2) is 4.79 Å². The van der Waals surface area contributed by atoms with Crippen molar-refractivity contribution >= 4 is 28.9 Å². The molecule has 30 heavy (non-hydrogen) atoms. The molecule has 0 fully saturated rings. The van der Waals surface area contributed by atoms with Crippen LogP contribution in [0.25, 0.3) is 17.0 Å². The third-order valence-corrected chi connectivity index (χ3v) is 4.36. The van der Waals surface area contributed by atoms with Crippen molar-refractivity contribution in [2.24, 2.45) is 0 Å². The number of H-pyrrole nitrogens is 1. The number of aromatic amines is 1. The molecule has 0 radical (unpaired) electrons. The Morgan fingerprint density at radius 1 is 1.10 bits per heavy atom. The van der Waals surface area contributed by atoms with E-state index in [1.807, 2.05) is 30.5 Å². The monoisotopic (exact) mass is 416 g/mol. The van der Waals surface area contributed by atoms with Crippen molar-refractivity contribution < 1.29 is 27.5 Å². The van der Waals surface area contributed by atoms with Gasteiger partial charge in [-0.2, -0.15) is 13.2 Å². The van der Waals surface area contributed by atoms with E-state index in [0.29, 0.717) is 13.0 Å². The number of amides is 1. The van der Waals surface area contributed by atoms with Crippen molar-refractivity contribution in [1.29, 1.82) is 0 Å². The fourth-order valence-corrected chi connectivity index (χ4v) is 2.89. The smallest absolute Gasteiger partial charge is 0.416 e. The lowest BCUT2D eigenvalue weighted by Crippen LogP contribution is -2.30. The number of hydrogen-bond donors (Lipinski definition) is 2. The van der Waals surface area contributed by atoms with Gasteiger partial charge >= 0.3 is 12.1 Å². The summed E-state index contributed by atoms with van der Waals surface area (Å²) >= 11 is 0. The van der Waals surface area contributed by atoms with Crippen molar-refractivity contribution in [2.45, 2.75) is 12.6 Å². The maximum absolute atomic E-state index is 12.7. The Labute approximate surface area is 170 Å². The van der Waals surface area contributed by atoms with Gasteiger partial charge < -0.3 is 15.0 Å². The van der Waals surface area contributed by atoms with Gasteiger partial charge in [0, 0.05) is 29.7 Å². The first-order chi connectivity index (χ1) is 14.3. The van der Waals surface area contributed by atoms with Crippen molar-refractivity contribution in [3.8, 4) is 0 Å². The lowest BCUT2D eigenvalue weighted by molar-refractivity contribution is -0.143. The first kappa shape index (κ1) is 21.2. The van der Waals surface area contributed by atoms with Crippen molar-refractivity contribution in [3.63, 3.8) is 0 Å². The molecule has 2 N–H and O–H groups in total. The molecule has 5 nitrogen and oxygen atoms in total. The second-order valence-corrected chi connectivity index (χ2v) is 6.52. The Kier molecular flexibility index (Phi) is 6.56. The zero-order valence-electron chi connectivity index (χ0n) is 15.8. The topological polar surface area (TPSA) is 71.2 Å². The average Bonchev–Trinajstić information content (AvgIpc) is 3.13. The number of para-hydroxylation sites is 1. The number of ether oxygens (including phenoxy) is 1. The number of aromatic nitrogens is 1. The SMILES string of the molecule is O=C(COC(=O)/C=C/c1cccc(C(F)(F)F)c1)NCCc1c[nH]c2ccccc12. The predicted octanol–water partition coefficient (Wildman–Crippen LogP) is 4.10. The summed E-state index contributed by atoms with van der Waals surface area (Å²) in [5.74, 6) is -1.28. The largest absolute Gasteiger partial charge is 0.452 e. The quantitative estimate of drug-likeness (QED) is 0.450. The van der Waals surface area contributed by atoms with Crippen LogP contribution in [0.15, 0.2) is 60.8 Å². The van der Waals surface area contributed by atoms with Crippen LogP contribution in [0.2, 0.25) is 0 Å². The fourth-order valence-electron chi connectivity index (χ4n) is 2.89. The van der Waals surface area contributed by atoms with Gasteiger partial charge in [-0.15, -0.1) is 0 Å². The highest BCUT2D eigenvalue weighted by Gasteiger charge is 2.30. The molecule has 3 rings (SSSR count). The van der Waals surface area contributed by atoms with Crippen LogP contribution < -0.4 is 5.32 Å². The minimum absolute atomic E-state index is 0.199. The van der Waals surface area contributed by atoms with Gasteiger partial charge in [0.05, 0.1) is 5.56 Å². The first-order valence-corrected chi connectivity index (χ1v) is 9.17. The summed E-state index contributed by atoms with van der Waals surface area (Å²) in [7, 11) is 0. The minimum Gasteiger partial charge on any atom is -0.452 e. The summed E-state index contributed by atoms with van der Waals surface area (Å²) in [4.78, 5) is 26.7. The summed E-state index contributed by atoms with van der Waals surface area (Å²) in [6, 6.07) is 12.3. The minimum atomic E-state index is -4.46. The van der Waals surface area contributed by atoms with Gasteiger partial charge in [0.2, 0.25) is 0 Å². The molecule has 0 aliphatic carbocycles. The highest BCUT2D eigenvalue weighted by atomic mass is 19.4. The molecule has 1 amide bonds. The van der Waals surface area contributed by atoms with E-state index in [1.54, 1.807) is 0 Å². The highest BCUT2D eigenvalue weighted by Crippen LogP contribution is 2.29. The summed E-state index contributed by atoms with van der Waals surface area (Å²) in [6.07, 6.45) is 0.213. The van der Waals surface area contributed by atoms with E-state index in [9.17, 15) is 22.8 Å². The summed E-state index contributed by atoms with van der Waals surface area (Å²) in [6.45, 7) is -0.0993. The van der Waals surface area contributed by atoms with Crippen molar-refractivity contribution in [2.75, 3.05) is 13.2 Å². The third-order valence-electron chi connectivity index (χ3n) is 4.36. The molecule has 0 saturated carbocycles. The number of carbonyl (C=O) groups excluding carboxylic acids is 2. The van der Waals surface area contributed by atoms with Gasteiger partial charge in [-0.1, -0.05) is 30.3 Å². The van der Waals surface area contributed by atoms with Crippen molar-refractivity contribution in [3.05, 3.63) is 77.5 Å². The zero-order valence-corrected chi connectivity index (χ0v) is 15.8. The predicted molar refractivity (Wildman–Crippen MR) is 106 cm³/mol. The van der Waals surface area contributed by atoms with Gasteiger partial charge in [0.15, 0.2) is 6.61 Å². The van der Waals surface area contributed by atoms with E-state index >= 15 is 0 Å². The van der Waals surface area contributed by atoms with Crippen LogP contribution in [0.5, 0.6) is 0 Å². The van der Waals surface area contributed by atoms with E-state index in [-0.39, 0.29) is 5.56 Å². The second kappa shape index (κ2) is 9.30. The average molecular weight is 416 g/mol. The molecular formula is C22H19F3N2O3. The maximum atomic E-state index is 12.7. The Bertz CT molecular complexity index is 1070. The van der Waals surface area contributed by atoms with Crippen LogP contribution >= 0.6 is 0 Å².